The van der Waals surface area contributed by atoms with Crippen molar-refractivity contribution in [2.24, 2.45) is 0 Å². The Balaban J connectivity index is 2.33. The standard InChI is InChI=1S/C10H10N2O2/c1-7-11-6-9(14-7)8-3-4-10(13-2)12-5-8/h3-6H,1-2H3. The molecular weight excluding hydrogens is 180 g/mol. The Morgan fingerprint density at radius 2 is 2.07 bits per heavy atom. The Morgan fingerprint density at radius 1 is 1.21 bits per heavy atom. The van der Waals surface area contributed by atoms with Crippen molar-refractivity contribution in [3.8, 4) is 17.2 Å². The normalized spacial score (nSPS) is 10.1. The van der Waals surface area contributed by atoms with Gasteiger partial charge in [-0.15, -0.1) is 0 Å². The molecule has 0 aliphatic heterocycles. The highest BCUT2D eigenvalue weighted by Crippen LogP contribution is 2.20. The Morgan fingerprint density at radius 3 is 2.57 bits per heavy atom. The summed E-state index contributed by atoms with van der Waals surface area (Å²) in [5, 5.41) is 0. The summed E-state index contributed by atoms with van der Waals surface area (Å²) in [5.74, 6) is 1.96. The van der Waals surface area contributed by atoms with E-state index < -0.39 is 0 Å². The molecule has 2 aromatic rings. The number of pyridine rings is 1. The van der Waals surface area contributed by atoms with Crippen LogP contribution in [0.4, 0.5) is 0 Å². The minimum absolute atomic E-state index is 0.588. The lowest BCUT2D eigenvalue weighted by Gasteiger charge is -1.98. The van der Waals surface area contributed by atoms with E-state index in [1.807, 2.05) is 6.07 Å². The Bertz CT molecular complexity index is 420. The van der Waals surface area contributed by atoms with Crippen LogP contribution < -0.4 is 4.74 Å². The highest BCUT2D eigenvalue weighted by Gasteiger charge is 2.03. The molecule has 0 atom stereocenters. The quantitative estimate of drug-likeness (QED) is 0.727. The average molecular weight is 190 g/mol. The molecule has 14 heavy (non-hydrogen) atoms. The van der Waals surface area contributed by atoms with E-state index in [1.54, 1.807) is 32.5 Å². The fourth-order valence-corrected chi connectivity index (χ4v) is 1.14. The van der Waals surface area contributed by atoms with Crippen LogP contribution in [0.3, 0.4) is 0 Å². The van der Waals surface area contributed by atoms with E-state index in [0.29, 0.717) is 11.8 Å². The monoisotopic (exact) mass is 190 g/mol. The van der Waals surface area contributed by atoms with Crippen molar-refractivity contribution in [2.75, 3.05) is 7.11 Å². The third-order valence-electron chi connectivity index (χ3n) is 1.85. The minimum Gasteiger partial charge on any atom is -0.481 e. The minimum atomic E-state index is 0.588. The third-order valence-corrected chi connectivity index (χ3v) is 1.85. The van der Waals surface area contributed by atoms with Gasteiger partial charge >= 0.3 is 0 Å². The average Bonchev–Trinajstić information content (AvgIpc) is 2.65. The van der Waals surface area contributed by atoms with Gasteiger partial charge in [-0.25, -0.2) is 9.97 Å². The summed E-state index contributed by atoms with van der Waals surface area (Å²) in [6.45, 7) is 1.81. The number of aryl methyl sites for hydroxylation is 1. The lowest BCUT2D eigenvalue weighted by atomic mass is 10.2. The van der Waals surface area contributed by atoms with E-state index in [-0.39, 0.29) is 0 Å². The molecule has 0 bridgehead atoms. The summed E-state index contributed by atoms with van der Waals surface area (Å²) in [5.41, 5.74) is 0.895. The molecule has 0 aliphatic rings. The molecule has 4 nitrogen and oxygen atoms in total. The summed E-state index contributed by atoms with van der Waals surface area (Å²) >= 11 is 0. The van der Waals surface area contributed by atoms with Crippen LogP contribution in [0.1, 0.15) is 5.89 Å². The molecule has 0 saturated heterocycles. The van der Waals surface area contributed by atoms with Crippen molar-refractivity contribution in [3.05, 3.63) is 30.4 Å². The van der Waals surface area contributed by atoms with Gasteiger partial charge in [-0.2, -0.15) is 0 Å². The molecule has 0 spiro atoms. The molecule has 4 heteroatoms. The molecule has 0 saturated carbocycles. The zero-order valence-electron chi connectivity index (χ0n) is 8.02. The van der Waals surface area contributed by atoms with E-state index in [0.717, 1.165) is 11.3 Å². The van der Waals surface area contributed by atoms with Gasteiger partial charge in [-0.3, -0.25) is 0 Å². The number of ether oxygens (including phenoxy) is 1. The van der Waals surface area contributed by atoms with Crippen molar-refractivity contribution >= 4 is 0 Å². The predicted molar refractivity (Wildman–Crippen MR) is 51.0 cm³/mol. The smallest absolute Gasteiger partial charge is 0.212 e. The van der Waals surface area contributed by atoms with Crippen molar-refractivity contribution in [1.82, 2.24) is 9.97 Å². The molecule has 0 aromatic carbocycles. The number of rotatable bonds is 2. The van der Waals surface area contributed by atoms with Gasteiger partial charge < -0.3 is 9.15 Å². The van der Waals surface area contributed by atoms with E-state index in [9.17, 15) is 0 Å². The van der Waals surface area contributed by atoms with Crippen LogP contribution in [0.5, 0.6) is 5.88 Å². The maximum Gasteiger partial charge on any atom is 0.212 e. The molecule has 0 aliphatic carbocycles. The second-order valence-electron chi connectivity index (χ2n) is 2.83. The highest BCUT2D eigenvalue weighted by atomic mass is 16.5. The lowest BCUT2D eigenvalue weighted by Crippen LogP contribution is -1.86. The van der Waals surface area contributed by atoms with Crippen LogP contribution >= 0.6 is 0 Å². The van der Waals surface area contributed by atoms with Gasteiger partial charge in [-0.1, -0.05) is 0 Å². The first-order valence-electron chi connectivity index (χ1n) is 4.22. The molecule has 0 N–H and O–H groups in total. The van der Waals surface area contributed by atoms with E-state index >= 15 is 0 Å². The number of methoxy groups -OCH3 is 1. The summed E-state index contributed by atoms with van der Waals surface area (Å²) in [6, 6.07) is 3.67. The number of nitrogens with zero attached hydrogens (tertiary/aromatic N) is 2. The molecule has 2 aromatic heterocycles. The summed E-state index contributed by atoms with van der Waals surface area (Å²) in [7, 11) is 1.58. The highest BCUT2D eigenvalue weighted by molar-refractivity contribution is 5.55. The molecular formula is C10H10N2O2. The topological polar surface area (TPSA) is 48.2 Å². The SMILES string of the molecule is COc1ccc(-c2cnc(C)o2)cn1. The van der Waals surface area contributed by atoms with Crippen LogP contribution in [0.15, 0.2) is 28.9 Å². The van der Waals surface area contributed by atoms with Crippen LogP contribution in [-0.2, 0) is 0 Å². The van der Waals surface area contributed by atoms with E-state index in [2.05, 4.69) is 9.97 Å². The van der Waals surface area contributed by atoms with Gasteiger partial charge in [0.05, 0.1) is 13.3 Å². The predicted octanol–water partition coefficient (Wildman–Crippen LogP) is 2.05. The lowest BCUT2D eigenvalue weighted by molar-refractivity contribution is 0.398. The van der Waals surface area contributed by atoms with Gasteiger partial charge in [0.25, 0.3) is 0 Å². The van der Waals surface area contributed by atoms with Crippen molar-refractivity contribution in [1.29, 1.82) is 0 Å². The fourth-order valence-electron chi connectivity index (χ4n) is 1.14. The zero-order chi connectivity index (χ0) is 9.97. The Labute approximate surface area is 81.6 Å². The van der Waals surface area contributed by atoms with Gasteiger partial charge in [-0.05, 0) is 6.07 Å². The molecule has 2 heterocycles. The van der Waals surface area contributed by atoms with Crippen molar-refractivity contribution in [2.45, 2.75) is 6.92 Å². The third kappa shape index (κ3) is 1.59. The van der Waals surface area contributed by atoms with Crippen LogP contribution in [0.2, 0.25) is 0 Å². The first-order valence-corrected chi connectivity index (χ1v) is 4.22. The van der Waals surface area contributed by atoms with Gasteiger partial charge in [0.15, 0.2) is 11.7 Å². The first kappa shape index (κ1) is 8.74. The molecule has 2 rings (SSSR count). The summed E-state index contributed by atoms with van der Waals surface area (Å²) in [6.07, 6.45) is 3.37. The van der Waals surface area contributed by atoms with Crippen LogP contribution in [0.25, 0.3) is 11.3 Å². The van der Waals surface area contributed by atoms with Crippen LogP contribution in [0, 0.1) is 6.92 Å². The maximum atomic E-state index is 5.35. The molecule has 0 radical (unpaired) electrons. The maximum absolute atomic E-state index is 5.35. The largest absolute Gasteiger partial charge is 0.481 e. The van der Waals surface area contributed by atoms with Crippen molar-refractivity contribution in [3.63, 3.8) is 0 Å². The second-order valence-corrected chi connectivity index (χ2v) is 2.83. The zero-order valence-corrected chi connectivity index (χ0v) is 8.02. The number of hydrogen-bond donors (Lipinski definition) is 0. The number of oxazole rings is 1. The molecule has 0 fully saturated rings. The summed E-state index contributed by atoms with van der Waals surface area (Å²) in [4.78, 5) is 8.08. The Kier molecular flexibility index (Phi) is 2.18. The van der Waals surface area contributed by atoms with Gasteiger partial charge in [0.2, 0.25) is 5.88 Å². The number of hydrogen-bond acceptors (Lipinski definition) is 4. The molecule has 0 amide bonds. The Hall–Kier alpha value is -1.84. The van der Waals surface area contributed by atoms with E-state index in [1.165, 1.54) is 0 Å². The van der Waals surface area contributed by atoms with Crippen molar-refractivity contribution < 1.29 is 9.15 Å². The fraction of sp³-hybridized carbons (Fsp3) is 0.200. The summed E-state index contributed by atoms with van der Waals surface area (Å²) < 4.78 is 10.3. The molecule has 0 unspecified atom stereocenters. The number of aromatic nitrogens is 2. The molecule has 72 valence electrons. The van der Waals surface area contributed by atoms with Gasteiger partial charge in [0, 0.05) is 24.8 Å². The van der Waals surface area contributed by atoms with Gasteiger partial charge in [0.1, 0.15) is 0 Å². The van der Waals surface area contributed by atoms with Crippen LogP contribution in [-0.4, -0.2) is 17.1 Å². The van der Waals surface area contributed by atoms with E-state index in [4.69, 9.17) is 9.15 Å². The first-order chi connectivity index (χ1) is 6.79. The second kappa shape index (κ2) is 3.49.